The largest absolute Gasteiger partial charge is 0.368 e. The molecule has 0 bridgehead atoms. The minimum Gasteiger partial charge on any atom is -0.368 e. The number of nitrogens with two attached hydrogens (primary N) is 1. The second-order valence-electron chi connectivity index (χ2n) is 4.75. The highest BCUT2D eigenvalue weighted by molar-refractivity contribution is 9.10. The molecule has 0 aliphatic heterocycles. The lowest BCUT2D eigenvalue weighted by atomic mass is 9.90. The van der Waals surface area contributed by atoms with Gasteiger partial charge in [0.15, 0.2) is 0 Å². The lowest BCUT2D eigenvalue weighted by molar-refractivity contribution is -0.122. The predicted molar refractivity (Wildman–Crippen MR) is 88.4 cm³/mol. The van der Waals surface area contributed by atoms with Crippen molar-refractivity contribution in [2.24, 2.45) is 5.73 Å². The summed E-state index contributed by atoms with van der Waals surface area (Å²) in [6.07, 6.45) is 0. The summed E-state index contributed by atoms with van der Waals surface area (Å²) in [6.45, 7) is 1.56. The van der Waals surface area contributed by atoms with Crippen LogP contribution in [0.1, 0.15) is 12.5 Å². The van der Waals surface area contributed by atoms with E-state index in [4.69, 9.17) is 5.73 Å². The van der Waals surface area contributed by atoms with Crippen LogP contribution in [0.25, 0.3) is 0 Å². The van der Waals surface area contributed by atoms with Crippen LogP contribution in [0, 0.1) is 5.82 Å². The summed E-state index contributed by atoms with van der Waals surface area (Å²) >= 11 is 6.63. The van der Waals surface area contributed by atoms with Crippen LogP contribution in [-0.2, 0) is 10.3 Å². The van der Waals surface area contributed by atoms with E-state index in [9.17, 15) is 9.18 Å². The molecule has 0 aliphatic carbocycles. The maximum Gasteiger partial charge on any atom is 0.247 e. The zero-order chi connectivity index (χ0) is 15.6. The normalized spacial score (nSPS) is 13.5. The van der Waals surface area contributed by atoms with Crippen molar-refractivity contribution >= 4 is 43.5 Å². The third-order valence-corrected chi connectivity index (χ3v) is 4.17. The Labute approximate surface area is 139 Å². The minimum absolute atomic E-state index is 0.185. The van der Waals surface area contributed by atoms with Gasteiger partial charge in [-0.25, -0.2) is 4.39 Å². The lowest BCUT2D eigenvalue weighted by Gasteiger charge is -2.29. The van der Waals surface area contributed by atoms with Gasteiger partial charge in [0.2, 0.25) is 5.91 Å². The van der Waals surface area contributed by atoms with Gasteiger partial charge in [-0.3, -0.25) is 4.79 Å². The van der Waals surface area contributed by atoms with Crippen LogP contribution in [-0.4, -0.2) is 5.91 Å². The van der Waals surface area contributed by atoms with Crippen molar-refractivity contribution in [3.63, 3.8) is 0 Å². The smallest absolute Gasteiger partial charge is 0.247 e. The third-order valence-electron chi connectivity index (χ3n) is 3.18. The van der Waals surface area contributed by atoms with Crippen LogP contribution < -0.4 is 11.1 Å². The van der Waals surface area contributed by atoms with Crippen LogP contribution >= 0.6 is 31.9 Å². The van der Waals surface area contributed by atoms with Gasteiger partial charge < -0.3 is 11.1 Å². The van der Waals surface area contributed by atoms with Gasteiger partial charge in [0.25, 0.3) is 0 Å². The maximum atomic E-state index is 14.1. The first kappa shape index (κ1) is 16.0. The highest BCUT2D eigenvalue weighted by Gasteiger charge is 2.36. The van der Waals surface area contributed by atoms with Gasteiger partial charge in [-0.05, 0) is 43.3 Å². The van der Waals surface area contributed by atoms with Gasteiger partial charge >= 0.3 is 0 Å². The average Bonchev–Trinajstić information content (AvgIpc) is 2.41. The Morgan fingerprint density at radius 3 is 2.48 bits per heavy atom. The zero-order valence-corrected chi connectivity index (χ0v) is 14.3. The van der Waals surface area contributed by atoms with Crippen molar-refractivity contribution in [3.8, 4) is 0 Å². The maximum absolute atomic E-state index is 14.1. The first-order chi connectivity index (χ1) is 9.83. The van der Waals surface area contributed by atoms with E-state index in [1.165, 1.54) is 6.07 Å². The Hall–Kier alpha value is -1.40. The summed E-state index contributed by atoms with van der Waals surface area (Å²) in [5.74, 6) is -1.17. The summed E-state index contributed by atoms with van der Waals surface area (Å²) in [6, 6.07) is 11.6. The fraction of sp³-hybridized carbons (Fsp3) is 0.133. The minimum atomic E-state index is -1.37. The summed E-state index contributed by atoms with van der Waals surface area (Å²) in [5, 5.41) is 3.01. The molecule has 0 fully saturated rings. The molecular weight excluding hydrogens is 403 g/mol. The SMILES string of the molecule is CC(Nc1cccc(Br)c1)(C(N)=O)c1cc(Br)ccc1F. The van der Waals surface area contributed by atoms with Crippen molar-refractivity contribution in [1.82, 2.24) is 0 Å². The summed E-state index contributed by atoms with van der Waals surface area (Å²) in [7, 11) is 0. The van der Waals surface area contributed by atoms with Crippen LogP contribution in [0.4, 0.5) is 10.1 Å². The molecule has 21 heavy (non-hydrogen) atoms. The predicted octanol–water partition coefficient (Wildman–Crippen LogP) is 4.16. The molecule has 0 heterocycles. The summed E-state index contributed by atoms with van der Waals surface area (Å²) in [4.78, 5) is 11.9. The molecule has 3 nitrogen and oxygen atoms in total. The number of halogens is 3. The highest BCUT2D eigenvalue weighted by atomic mass is 79.9. The van der Waals surface area contributed by atoms with Crippen LogP contribution in [0.3, 0.4) is 0 Å². The number of rotatable bonds is 4. The molecule has 2 aromatic carbocycles. The van der Waals surface area contributed by atoms with Crippen molar-refractivity contribution in [1.29, 1.82) is 0 Å². The Bertz CT molecular complexity index is 693. The molecule has 3 N–H and O–H groups in total. The standard InChI is InChI=1S/C15H13Br2FN2O/c1-15(14(19)21,12-8-10(17)5-6-13(12)18)20-11-4-2-3-9(16)7-11/h2-8,20H,1H3,(H2,19,21). The van der Waals surface area contributed by atoms with E-state index in [2.05, 4.69) is 37.2 Å². The van der Waals surface area contributed by atoms with Gasteiger partial charge in [0.05, 0.1) is 0 Å². The number of anilines is 1. The summed E-state index contributed by atoms with van der Waals surface area (Å²) < 4.78 is 15.6. The summed E-state index contributed by atoms with van der Waals surface area (Å²) in [5.41, 5.74) is 4.99. The van der Waals surface area contributed by atoms with Crippen molar-refractivity contribution in [3.05, 3.63) is 62.8 Å². The van der Waals surface area contributed by atoms with Crippen molar-refractivity contribution in [2.75, 3.05) is 5.32 Å². The Kier molecular flexibility index (Phi) is 4.68. The van der Waals surface area contributed by atoms with E-state index in [1.54, 1.807) is 31.2 Å². The molecule has 2 rings (SSSR count). The van der Waals surface area contributed by atoms with Gasteiger partial charge in [0.1, 0.15) is 11.4 Å². The monoisotopic (exact) mass is 414 g/mol. The number of primary amides is 1. The van der Waals surface area contributed by atoms with Gasteiger partial charge in [-0.15, -0.1) is 0 Å². The average molecular weight is 416 g/mol. The second-order valence-corrected chi connectivity index (χ2v) is 6.58. The molecule has 0 radical (unpaired) electrons. The molecule has 0 saturated heterocycles. The van der Waals surface area contributed by atoms with E-state index in [0.717, 1.165) is 4.47 Å². The van der Waals surface area contributed by atoms with Crippen LogP contribution in [0.15, 0.2) is 51.4 Å². The fourth-order valence-corrected chi connectivity index (χ4v) is 2.76. The van der Waals surface area contributed by atoms with Gasteiger partial charge in [-0.2, -0.15) is 0 Å². The van der Waals surface area contributed by atoms with Crippen LogP contribution in [0.2, 0.25) is 0 Å². The molecule has 0 saturated carbocycles. The number of hydrogen-bond donors (Lipinski definition) is 2. The lowest BCUT2D eigenvalue weighted by Crippen LogP contribution is -2.45. The topological polar surface area (TPSA) is 55.1 Å². The number of carbonyl (C=O) groups is 1. The Morgan fingerprint density at radius 1 is 1.19 bits per heavy atom. The van der Waals surface area contributed by atoms with E-state index < -0.39 is 17.3 Å². The molecule has 110 valence electrons. The number of hydrogen-bond acceptors (Lipinski definition) is 2. The number of amides is 1. The molecule has 1 atom stereocenters. The zero-order valence-electron chi connectivity index (χ0n) is 11.2. The van der Waals surface area contributed by atoms with Crippen molar-refractivity contribution < 1.29 is 9.18 Å². The molecule has 0 aromatic heterocycles. The molecular formula is C15H13Br2FN2O. The Balaban J connectivity index is 2.50. The van der Waals surface area contributed by atoms with E-state index >= 15 is 0 Å². The fourth-order valence-electron chi connectivity index (χ4n) is 2.00. The molecule has 0 spiro atoms. The van der Waals surface area contributed by atoms with E-state index in [-0.39, 0.29) is 5.56 Å². The molecule has 0 aliphatic rings. The van der Waals surface area contributed by atoms with Gasteiger partial charge in [0, 0.05) is 20.2 Å². The molecule has 1 unspecified atom stereocenters. The number of nitrogens with one attached hydrogen (secondary N) is 1. The highest BCUT2D eigenvalue weighted by Crippen LogP contribution is 2.31. The first-order valence-electron chi connectivity index (χ1n) is 6.12. The Morgan fingerprint density at radius 2 is 1.86 bits per heavy atom. The second kappa shape index (κ2) is 6.15. The molecule has 6 heteroatoms. The molecule has 2 aromatic rings. The number of carbonyl (C=O) groups excluding carboxylic acids is 1. The van der Waals surface area contributed by atoms with E-state index in [0.29, 0.717) is 10.2 Å². The quantitative estimate of drug-likeness (QED) is 0.787. The van der Waals surface area contributed by atoms with Crippen molar-refractivity contribution in [2.45, 2.75) is 12.5 Å². The first-order valence-corrected chi connectivity index (χ1v) is 7.71. The van der Waals surface area contributed by atoms with Crippen LogP contribution in [0.5, 0.6) is 0 Å². The third kappa shape index (κ3) is 3.44. The van der Waals surface area contributed by atoms with Gasteiger partial charge in [-0.1, -0.05) is 37.9 Å². The van der Waals surface area contributed by atoms with E-state index in [1.807, 2.05) is 12.1 Å². The molecule has 1 amide bonds. The number of benzene rings is 2.